The Morgan fingerprint density at radius 2 is 2.13 bits per heavy atom. The van der Waals surface area contributed by atoms with Crippen molar-refractivity contribution >= 4 is 5.69 Å². The van der Waals surface area contributed by atoms with Crippen molar-refractivity contribution in [2.75, 3.05) is 24.6 Å². The lowest BCUT2D eigenvalue weighted by Gasteiger charge is -2.21. The fourth-order valence-corrected chi connectivity index (χ4v) is 2.32. The average molecular weight is 207 g/mol. The molecular formula is C12H17NO2. The SMILES string of the molecule is CC1(C)CN(CCO)c2cc(O)ccc21. The van der Waals surface area contributed by atoms with Crippen molar-refractivity contribution in [3.63, 3.8) is 0 Å². The molecular weight excluding hydrogens is 190 g/mol. The van der Waals surface area contributed by atoms with Crippen LogP contribution in [-0.4, -0.2) is 29.9 Å². The zero-order valence-electron chi connectivity index (χ0n) is 9.20. The van der Waals surface area contributed by atoms with Gasteiger partial charge in [0.15, 0.2) is 0 Å². The first-order valence-electron chi connectivity index (χ1n) is 5.24. The van der Waals surface area contributed by atoms with Crippen molar-refractivity contribution in [1.82, 2.24) is 0 Å². The Bertz CT molecular complexity index is 374. The highest BCUT2D eigenvalue weighted by Crippen LogP contribution is 2.41. The second-order valence-electron chi connectivity index (χ2n) is 4.73. The molecule has 2 rings (SSSR count). The molecule has 0 radical (unpaired) electrons. The van der Waals surface area contributed by atoms with Gasteiger partial charge in [-0.1, -0.05) is 19.9 Å². The van der Waals surface area contributed by atoms with Gasteiger partial charge in [0.1, 0.15) is 5.75 Å². The van der Waals surface area contributed by atoms with Gasteiger partial charge in [0.25, 0.3) is 0 Å². The van der Waals surface area contributed by atoms with Gasteiger partial charge in [-0.2, -0.15) is 0 Å². The fourth-order valence-electron chi connectivity index (χ4n) is 2.32. The van der Waals surface area contributed by atoms with E-state index < -0.39 is 0 Å². The Morgan fingerprint density at radius 3 is 2.80 bits per heavy atom. The second kappa shape index (κ2) is 3.42. The lowest BCUT2D eigenvalue weighted by Crippen LogP contribution is -2.30. The maximum Gasteiger partial charge on any atom is 0.117 e. The molecule has 0 atom stereocenters. The summed E-state index contributed by atoms with van der Waals surface area (Å²) in [7, 11) is 0. The van der Waals surface area contributed by atoms with Gasteiger partial charge in [0.05, 0.1) is 6.61 Å². The van der Waals surface area contributed by atoms with Crippen LogP contribution in [0, 0.1) is 0 Å². The molecule has 82 valence electrons. The lowest BCUT2D eigenvalue weighted by atomic mass is 9.87. The van der Waals surface area contributed by atoms with Crippen LogP contribution in [0.1, 0.15) is 19.4 Å². The third-order valence-corrected chi connectivity index (χ3v) is 3.01. The van der Waals surface area contributed by atoms with Crippen molar-refractivity contribution < 1.29 is 10.2 Å². The van der Waals surface area contributed by atoms with Gasteiger partial charge >= 0.3 is 0 Å². The summed E-state index contributed by atoms with van der Waals surface area (Å²) >= 11 is 0. The standard InChI is InChI=1S/C12H17NO2/c1-12(2)8-13(5-6-14)11-7-9(15)3-4-10(11)12/h3-4,7,14-15H,5-6,8H2,1-2H3. The number of anilines is 1. The van der Waals surface area contributed by atoms with E-state index in [0.29, 0.717) is 6.54 Å². The minimum absolute atomic E-state index is 0.0954. The van der Waals surface area contributed by atoms with Gasteiger partial charge < -0.3 is 15.1 Å². The van der Waals surface area contributed by atoms with Crippen molar-refractivity contribution in [2.45, 2.75) is 19.3 Å². The molecule has 2 N–H and O–H groups in total. The third-order valence-electron chi connectivity index (χ3n) is 3.01. The molecule has 0 aromatic heterocycles. The van der Waals surface area contributed by atoms with Crippen molar-refractivity contribution in [3.8, 4) is 5.75 Å². The maximum atomic E-state index is 9.46. The van der Waals surface area contributed by atoms with E-state index in [-0.39, 0.29) is 17.8 Å². The number of rotatable bonds is 2. The molecule has 0 aliphatic carbocycles. The number of hydrogen-bond donors (Lipinski definition) is 2. The summed E-state index contributed by atoms with van der Waals surface area (Å²) in [5.41, 5.74) is 2.39. The average Bonchev–Trinajstić information content (AvgIpc) is 2.39. The van der Waals surface area contributed by atoms with Crippen LogP contribution in [0.2, 0.25) is 0 Å². The molecule has 0 saturated carbocycles. The maximum absolute atomic E-state index is 9.46. The third kappa shape index (κ3) is 1.67. The predicted octanol–water partition coefficient (Wildman–Crippen LogP) is 1.48. The Labute approximate surface area is 90.0 Å². The summed E-state index contributed by atoms with van der Waals surface area (Å²) in [5.74, 6) is 0.286. The number of fused-ring (bicyclic) bond motifs is 1. The van der Waals surface area contributed by atoms with Gasteiger partial charge in [-0.3, -0.25) is 0 Å². The van der Waals surface area contributed by atoms with Crippen LogP contribution in [0.4, 0.5) is 5.69 Å². The first-order valence-corrected chi connectivity index (χ1v) is 5.24. The zero-order chi connectivity index (χ0) is 11.1. The molecule has 3 nitrogen and oxygen atoms in total. The van der Waals surface area contributed by atoms with Crippen molar-refractivity contribution in [3.05, 3.63) is 23.8 Å². The number of aliphatic hydroxyl groups excluding tert-OH is 1. The number of nitrogens with zero attached hydrogens (tertiary/aromatic N) is 1. The fraction of sp³-hybridized carbons (Fsp3) is 0.500. The van der Waals surface area contributed by atoms with Gasteiger partial charge in [-0.05, 0) is 11.6 Å². The highest BCUT2D eigenvalue weighted by molar-refractivity contribution is 5.64. The first-order chi connectivity index (χ1) is 7.04. The summed E-state index contributed by atoms with van der Waals surface area (Å²) < 4.78 is 0. The Kier molecular flexibility index (Phi) is 2.35. The number of β-amino-alcohol motifs (C(OH)–C–C–N with tert-alkyl or cyclic N) is 1. The van der Waals surface area contributed by atoms with Crippen LogP contribution >= 0.6 is 0 Å². The lowest BCUT2D eigenvalue weighted by molar-refractivity contribution is 0.301. The van der Waals surface area contributed by atoms with Gasteiger partial charge in [-0.25, -0.2) is 0 Å². The molecule has 0 fully saturated rings. The number of aromatic hydroxyl groups is 1. The van der Waals surface area contributed by atoms with Crippen LogP contribution in [0.5, 0.6) is 5.75 Å². The summed E-state index contributed by atoms with van der Waals surface area (Å²) in [4.78, 5) is 2.12. The van der Waals surface area contributed by atoms with Crippen LogP contribution in [0.25, 0.3) is 0 Å². The highest BCUT2D eigenvalue weighted by Gasteiger charge is 2.34. The molecule has 0 unspecified atom stereocenters. The molecule has 1 aliphatic heterocycles. The van der Waals surface area contributed by atoms with Crippen molar-refractivity contribution in [1.29, 1.82) is 0 Å². The Balaban J connectivity index is 2.44. The Morgan fingerprint density at radius 1 is 1.40 bits per heavy atom. The molecule has 0 amide bonds. The minimum atomic E-state index is 0.0954. The van der Waals surface area contributed by atoms with E-state index >= 15 is 0 Å². The number of benzene rings is 1. The number of phenols is 1. The van der Waals surface area contributed by atoms with E-state index in [4.69, 9.17) is 5.11 Å². The van der Waals surface area contributed by atoms with Crippen LogP contribution in [-0.2, 0) is 5.41 Å². The summed E-state index contributed by atoms with van der Waals surface area (Å²) in [6.45, 7) is 6.03. The van der Waals surface area contributed by atoms with Crippen LogP contribution in [0.3, 0.4) is 0 Å². The molecule has 1 aromatic rings. The van der Waals surface area contributed by atoms with Gasteiger partial charge in [0.2, 0.25) is 0 Å². The number of hydrogen-bond acceptors (Lipinski definition) is 3. The normalized spacial score (nSPS) is 17.9. The second-order valence-corrected chi connectivity index (χ2v) is 4.73. The largest absolute Gasteiger partial charge is 0.508 e. The summed E-state index contributed by atoms with van der Waals surface area (Å²) in [5, 5.41) is 18.5. The molecule has 0 saturated heterocycles. The molecule has 1 heterocycles. The first kappa shape index (κ1) is 10.3. The molecule has 15 heavy (non-hydrogen) atoms. The van der Waals surface area contributed by atoms with Gasteiger partial charge in [-0.15, -0.1) is 0 Å². The highest BCUT2D eigenvalue weighted by atomic mass is 16.3. The number of phenolic OH excluding ortho intramolecular Hbond substituents is 1. The molecule has 1 aliphatic rings. The quantitative estimate of drug-likeness (QED) is 0.772. The smallest absolute Gasteiger partial charge is 0.117 e. The summed E-state index contributed by atoms with van der Waals surface area (Å²) in [6.07, 6.45) is 0. The molecule has 3 heteroatoms. The van der Waals surface area contributed by atoms with E-state index in [2.05, 4.69) is 18.7 Å². The summed E-state index contributed by atoms with van der Waals surface area (Å²) in [6, 6.07) is 5.48. The Hall–Kier alpha value is -1.22. The molecule has 0 spiro atoms. The van der Waals surface area contributed by atoms with Crippen LogP contribution in [0.15, 0.2) is 18.2 Å². The topological polar surface area (TPSA) is 43.7 Å². The van der Waals surface area contributed by atoms with E-state index in [0.717, 1.165) is 12.2 Å². The van der Waals surface area contributed by atoms with Crippen LogP contribution < -0.4 is 4.90 Å². The molecule has 1 aromatic carbocycles. The van der Waals surface area contributed by atoms with E-state index in [1.54, 1.807) is 12.1 Å². The predicted molar refractivity (Wildman–Crippen MR) is 60.4 cm³/mol. The van der Waals surface area contributed by atoms with Crippen molar-refractivity contribution in [2.24, 2.45) is 0 Å². The number of aliphatic hydroxyl groups is 1. The van der Waals surface area contributed by atoms with Gasteiger partial charge in [0, 0.05) is 30.3 Å². The van der Waals surface area contributed by atoms with E-state index in [1.807, 2.05) is 6.07 Å². The van der Waals surface area contributed by atoms with E-state index in [1.165, 1.54) is 5.56 Å². The minimum Gasteiger partial charge on any atom is -0.508 e. The monoisotopic (exact) mass is 207 g/mol. The zero-order valence-corrected chi connectivity index (χ0v) is 9.20. The molecule has 0 bridgehead atoms. The van der Waals surface area contributed by atoms with E-state index in [9.17, 15) is 5.11 Å².